The molecule has 0 aliphatic carbocycles. The Kier molecular flexibility index (Phi) is 6.83. The zero-order valence-electron chi connectivity index (χ0n) is 20.3. The van der Waals surface area contributed by atoms with Crippen molar-refractivity contribution in [3.8, 4) is 11.8 Å². The van der Waals surface area contributed by atoms with Gasteiger partial charge < -0.3 is 25.0 Å². The smallest absolute Gasteiger partial charge is 0.326 e. The Labute approximate surface area is 207 Å². The van der Waals surface area contributed by atoms with Crippen molar-refractivity contribution >= 4 is 34.4 Å². The number of benzene rings is 1. The van der Waals surface area contributed by atoms with Crippen LogP contribution < -0.4 is 15.0 Å². The van der Waals surface area contributed by atoms with Gasteiger partial charge in [-0.3, -0.25) is 10.00 Å². The van der Waals surface area contributed by atoms with Gasteiger partial charge in [-0.25, -0.2) is 4.39 Å². The van der Waals surface area contributed by atoms with E-state index >= 15 is 4.39 Å². The fourth-order valence-electron chi connectivity index (χ4n) is 4.29. The summed E-state index contributed by atoms with van der Waals surface area (Å²) in [6.45, 7) is 7.64. The molecule has 0 bridgehead atoms. The first kappa shape index (κ1) is 23.8. The number of aliphatic hydroxyl groups is 1. The zero-order chi connectivity index (χ0) is 25.1. The number of aromatic amines is 2. The summed E-state index contributed by atoms with van der Waals surface area (Å²) >= 11 is 0. The van der Waals surface area contributed by atoms with Crippen molar-refractivity contribution in [2.75, 3.05) is 49.5 Å². The van der Waals surface area contributed by atoms with Crippen molar-refractivity contribution in [1.29, 1.82) is 0 Å². The standard InChI is InChI=1S/C25H29FN8O2/c1-3-4-17-14-22(32-31-17)28-21-15-23(34-9-7-33(8-10-34)11-12-35)30-25(29-21)36-20-6-5-19-18(24(20)26)13-16(2)27-19/h3-6,13-15,27,35H,7-12H2,1-2H3,(H2,28,29,30,31,32)/b4-3+. The van der Waals surface area contributed by atoms with Gasteiger partial charge in [0.05, 0.1) is 12.3 Å². The second-order valence-electron chi connectivity index (χ2n) is 8.67. The minimum Gasteiger partial charge on any atom is -0.421 e. The molecule has 3 aromatic heterocycles. The number of fused-ring (bicyclic) bond motifs is 1. The average Bonchev–Trinajstić information content (AvgIpc) is 3.47. The molecule has 1 fully saturated rings. The molecule has 0 radical (unpaired) electrons. The Morgan fingerprint density at radius 1 is 1.14 bits per heavy atom. The van der Waals surface area contributed by atoms with E-state index in [1.54, 1.807) is 18.2 Å². The molecule has 10 nitrogen and oxygen atoms in total. The van der Waals surface area contributed by atoms with Gasteiger partial charge in [0.25, 0.3) is 0 Å². The molecule has 0 saturated carbocycles. The van der Waals surface area contributed by atoms with Crippen molar-refractivity contribution in [3.63, 3.8) is 0 Å². The number of allylic oxidation sites excluding steroid dienone is 1. The number of ether oxygens (including phenoxy) is 1. The largest absolute Gasteiger partial charge is 0.421 e. The molecule has 0 spiro atoms. The molecule has 4 heterocycles. The molecule has 11 heteroatoms. The molecule has 0 atom stereocenters. The number of rotatable bonds is 8. The maximum absolute atomic E-state index is 15.2. The van der Waals surface area contributed by atoms with Crippen molar-refractivity contribution in [1.82, 2.24) is 30.0 Å². The zero-order valence-corrected chi connectivity index (χ0v) is 20.3. The number of anilines is 3. The molecule has 5 rings (SSSR count). The van der Waals surface area contributed by atoms with E-state index in [2.05, 4.69) is 40.3 Å². The molecule has 1 saturated heterocycles. The maximum Gasteiger partial charge on any atom is 0.326 e. The van der Waals surface area contributed by atoms with E-state index in [-0.39, 0.29) is 18.4 Å². The normalized spacial score (nSPS) is 14.7. The quantitative estimate of drug-likeness (QED) is 0.293. The van der Waals surface area contributed by atoms with Crippen LogP contribution in [0.4, 0.5) is 21.8 Å². The third-order valence-electron chi connectivity index (χ3n) is 6.04. The number of β-amino-alcohol motifs (C(OH)–C–C–N with tert-alkyl or cyclic N) is 1. The lowest BCUT2D eigenvalue weighted by molar-refractivity contribution is 0.188. The highest BCUT2D eigenvalue weighted by Gasteiger charge is 2.21. The second-order valence-corrected chi connectivity index (χ2v) is 8.67. The molecular formula is C25H29FN8O2. The number of halogens is 1. The van der Waals surface area contributed by atoms with Gasteiger partial charge in [0.15, 0.2) is 17.4 Å². The van der Waals surface area contributed by atoms with E-state index in [0.29, 0.717) is 34.9 Å². The van der Waals surface area contributed by atoms with E-state index in [4.69, 9.17) is 4.74 Å². The molecule has 1 aliphatic heterocycles. The number of nitrogens with zero attached hydrogens (tertiary/aromatic N) is 5. The number of aryl methyl sites for hydroxylation is 1. The predicted molar refractivity (Wildman–Crippen MR) is 137 cm³/mol. The Morgan fingerprint density at radius 3 is 2.75 bits per heavy atom. The number of hydrogen-bond acceptors (Lipinski definition) is 8. The molecule has 4 aromatic rings. The highest BCUT2D eigenvalue weighted by atomic mass is 19.1. The Morgan fingerprint density at radius 2 is 1.97 bits per heavy atom. The number of piperazine rings is 1. The van der Waals surface area contributed by atoms with Crippen LogP contribution in [0.15, 0.2) is 36.4 Å². The van der Waals surface area contributed by atoms with Crippen molar-refractivity contribution in [2.45, 2.75) is 13.8 Å². The fraction of sp³-hybridized carbons (Fsp3) is 0.320. The highest BCUT2D eigenvalue weighted by molar-refractivity contribution is 5.82. The van der Waals surface area contributed by atoms with E-state index in [0.717, 1.165) is 37.6 Å². The number of aromatic nitrogens is 5. The predicted octanol–water partition coefficient (Wildman–Crippen LogP) is 3.81. The van der Waals surface area contributed by atoms with E-state index in [9.17, 15) is 5.11 Å². The highest BCUT2D eigenvalue weighted by Crippen LogP contribution is 2.31. The minimum atomic E-state index is -0.471. The molecule has 36 heavy (non-hydrogen) atoms. The molecule has 1 aromatic carbocycles. The Bertz CT molecular complexity index is 1370. The fourth-order valence-corrected chi connectivity index (χ4v) is 4.29. The minimum absolute atomic E-state index is 0.0301. The number of H-pyrrole nitrogens is 2. The van der Waals surface area contributed by atoms with E-state index in [1.165, 1.54) is 0 Å². The first-order chi connectivity index (χ1) is 17.5. The number of aliphatic hydroxyl groups excluding tert-OH is 1. The summed E-state index contributed by atoms with van der Waals surface area (Å²) in [5, 5.41) is 20.1. The molecule has 0 amide bonds. The van der Waals surface area contributed by atoms with Crippen LogP contribution in [0.5, 0.6) is 11.8 Å². The SMILES string of the molecule is C/C=C/c1cc(Nc2cc(N3CCN(CCO)CC3)nc(Oc3ccc4[nH]c(C)cc4c3F)n2)n[nH]1. The molecular weight excluding hydrogens is 463 g/mol. The third kappa shape index (κ3) is 5.16. The van der Waals surface area contributed by atoms with Crippen LogP contribution in [0.2, 0.25) is 0 Å². The first-order valence-corrected chi connectivity index (χ1v) is 11.9. The summed E-state index contributed by atoms with van der Waals surface area (Å²) in [5.74, 6) is 1.30. The lowest BCUT2D eigenvalue weighted by Crippen LogP contribution is -2.47. The van der Waals surface area contributed by atoms with E-state index < -0.39 is 5.82 Å². The lowest BCUT2D eigenvalue weighted by Gasteiger charge is -2.35. The number of nitrogens with one attached hydrogen (secondary N) is 3. The van der Waals surface area contributed by atoms with Crippen LogP contribution in [0, 0.1) is 12.7 Å². The van der Waals surface area contributed by atoms with Gasteiger partial charge in [-0.1, -0.05) is 6.08 Å². The summed E-state index contributed by atoms with van der Waals surface area (Å²) in [5.41, 5.74) is 2.41. The summed E-state index contributed by atoms with van der Waals surface area (Å²) < 4.78 is 21.1. The van der Waals surface area contributed by atoms with Gasteiger partial charge in [-0.15, -0.1) is 0 Å². The second kappa shape index (κ2) is 10.3. The Balaban J connectivity index is 1.45. The molecule has 4 N–H and O–H groups in total. The van der Waals surface area contributed by atoms with Crippen LogP contribution in [-0.2, 0) is 0 Å². The maximum atomic E-state index is 15.2. The van der Waals surface area contributed by atoms with Gasteiger partial charge in [-0.05, 0) is 38.1 Å². The topological polar surface area (TPSA) is 118 Å². The van der Waals surface area contributed by atoms with Gasteiger partial charge in [-0.2, -0.15) is 15.1 Å². The number of hydrogen-bond donors (Lipinski definition) is 4. The van der Waals surface area contributed by atoms with Crippen LogP contribution in [0.3, 0.4) is 0 Å². The molecule has 1 aliphatic rings. The summed E-state index contributed by atoms with van der Waals surface area (Å²) in [7, 11) is 0. The van der Waals surface area contributed by atoms with Crippen LogP contribution >= 0.6 is 0 Å². The molecule has 188 valence electrons. The first-order valence-electron chi connectivity index (χ1n) is 11.9. The van der Waals surface area contributed by atoms with E-state index in [1.807, 2.05) is 38.1 Å². The van der Waals surface area contributed by atoms with Crippen LogP contribution in [-0.4, -0.2) is 74.5 Å². The van der Waals surface area contributed by atoms with Crippen molar-refractivity contribution in [3.05, 3.63) is 53.6 Å². The van der Waals surface area contributed by atoms with Gasteiger partial charge >= 0.3 is 6.01 Å². The summed E-state index contributed by atoms with van der Waals surface area (Å²) in [6.07, 6.45) is 3.82. The molecule has 0 unspecified atom stereocenters. The van der Waals surface area contributed by atoms with Crippen LogP contribution in [0.25, 0.3) is 17.0 Å². The lowest BCUT2D eigenvalue weighted by atomic mass is 10.2. The van der Waals surface area contributed by atoms with Crippen molar-refractivity contribution in [2.24, 2.45) is 0 Å². The van der Waals surface area contributed by atoms with Crippen LogP contribution in [0.1, 0.15) is 18.3 Å². The Hall–Kier alpha value is -3.96. The van der Waals surface area contributed by atoms with Gasteiger partial charge in [0.2, 0.25) is 0 Å². The third-order valence-corrected chi connectivity index (χ3v) is 6.04. The summed E-state index contributed by atoms with van der Waals surface area (Å²) in [6, 6.07) is 8.81. The monoisotopic (exact) mass is 492 g/mol. The van der Waals surface area contributed by atoms with Gasteiger partial charge in [0.1, 0.15) is 11.6 Å². The van der Waals surface area contributed by atoms with Crippen molar-refractivity contribution < 1.29 is 14.2 Å². The average molecular weight is 493 g/mol. The summed E-state index contributed by atoms with van der Waals surface area (Å²) in [4.78, 5) is 16.5. The van der Waals surface area contributed by atoms with Gasteiger partial charge in [0, 0.05) is 61.5 Å².